The van der Waals surface area contributed by atoms with Gasteiger partial charge in [-0.25, -0.2) is 4.39 Å². The molecule has 6 nitrogen and oxygen atoms in total. The van der Waals surface area contributed by atoms with Crippen LogP contribution < -0.4 is 0 Å². The van der Waals surface area contributed by atoms with Gasteiger partial charge < -0.3 is 4.90 Å². The molecular weight excluding hydrogens is 313 g/mol. The van der Waals surface area contributed by atoms with Crippen LogP contribution in [-0.4, -0.2) is 71.7 Å². The molecule has 3 amide bonds. The first kappa shape index (κ1) is 16.6. The predicted molar refractivity (Wildman–Crippen MR) is 84.7 cm³/mol. The normalized spacial score (nSPS) is 19.2. The summed E-state index contributed by atoms with van der Waals surface area (Å²) in [6.07, 6.45) is 0.636. The highest BCUT2D eigenvalue weighted by Gasteiger charge is 2.29. The zero-order valence-electron chi connectivity index (χ0n) is 13.4. The molecule has 7 heteroatoms. The lowest BCUT2D eigenvalue weighted by Gasteiger charge is -2.35. The topological polar surface area (TPSA) is 60.9 Å². The first-order valence-electron chi connectivity index (χ1n) is 8.15. The minimum atomic E-state index is -0.359. The van der Waals surface area contributed by atoms with E-state index in [1.54, 1.807) is 4.90 Å². The third-order valence-corrected chi connectivity index (χ3v) is 4.55. The van der Waals surface area contributed by atoms with Gasteiger partial charge in [-0.1, -0.05) is 0 Å². The maximum atomic E-state index is 12.9. The Kier molecular flexibility index (Phi) is 4.89. The number of rotatable bonds is 4. The fourth-order valence-electron chi connectivity index (χ4n) is 3.06. The molecule has 128 valence electrons. The number of nitrogens with zero attached hydrogens (tertiary/aromatic N) is 3. The number of piperazine rings is 1. The molecule has 3 rings (SSSR count). The van der Waals surface area contributed by atoms with Gasteiger partial charge in [0.15, 0.2) is 0 Å². The number of carbonyl (C=O) groups is 3. The van der Waals surface area contributed by atoms with Crippen LogP contribution in [0.3, 0.4) is 0 Å². The van der Waals surface area contributed by atoms with Crippen molar-refractivity contribution in [2.75, 3.05) is 39.3 Å². The van der Waals surface area contributed by atoms with Gasteiger partial charge in [0.05, 0.1) is 0 Å². The average molecular weight is 333 g/mol. The van der Waals surface area contributed by atoms with Gasteiger partial charge >= 0.3 is 0 Å². The molecule has 1 aromatic rings. The van der Waals surface area contributed by atoms with Crippen LogP contribution in [0.2, 0.25) is 0 Å². The summed E-state index contributed by atoms with van der Waals surface area (Å²) in [7, 11) is 0. The molecule has 2 saturated heterocycles. The third kappa shape index (κ3) is 3.62. The highest BCUT2D eigenvalue weighted by molar-refractivity contribution is 6.01. The molecule has 2 aliphatic rings. The molecule has 0 bridgehead atoms. The van der Waals surface area contributed by atoms with Gasteiger partial charge in [0, 0.05) is 57.7 Å². The largest absolute Gasteiger partial charge is 0.336 e. The lowest BCUT2D eigenvalue weighted by atomic mass is 10.2. The SMILES string of the molecule is O=C(c1ccc(F)cc1)N1CCN(CCN2C(=O)CCC2=O)CC1. The van der Waals surface area contributed by atoms with Gasteiger partial charge in [-0.05, 0) is 24.3 Å². The molecule has 1 aromatic carbocycles. The van der Waals surface area contributed by atoms with Gasteiger partial charge in [-0.3, -0.25) is 24.2 Å². The number of amides is 3. The quantitative estimate of drug-likeness (QED) is 0.762. The lowest BCUT2D eigenvalue weighted by Crippen LogP contribution is -2.50. The van der Waals surface area contributed by atoms with Crippen molar-refractivity contribution in [2.24, 2.45) is 0 Å². The highest BCUT2D eigenvalue weighted by atomic mass is 19.1. The molecule has 0 N–H and O–H groups in total. The molecule has 2 fully saturated rings. The van der Waals surface area contributed by atoms with Crippen LogP contribution in [0.5, 0.6) is 0 Å². The number of carbonyl (C=O) groups excluding carboxylic acids is 3. The fourth-order valence-corrected chi connectivity index (χ4v) is 3.06. The van der Waals surface area contributed by atoms with Gasteiger partial charge in [0.2, 0.25) is 11.8 Å². The number of likely N-dealkylation sites (tertiary alicyclic amines) is 1. The van der Waals surface area contributed by atoms with Crippen LogP contribution in [-0.2, 0) is 9.59 Å². The molecule has 24 heavy (non-hydrogen) atoms. The van der Waals surface area contributed by atoms with Crippen molar-refractivity contribution in [1.29, 1.82) is 0 Å². The summed E-state index contributed by atoms with van der Waals surface area (Å²) < 4.78 is 12.9. The third-order valence-electron chi connectivity index (χ3n) is 4.55. The number of halogens is 1. The maximum Gasteiger partial charge on any atom is 0.253 e. The highest BCUT2D eigenvalue weighted by Crippen LogP contribution is 2.13. The number of hydrogen-bond acceptors (Lipinski definition) is 4. The molecule has 0 aliphatic carbocycles. The van der Waals surface area contributed by atoms with Crippen LogP contribution in [0, 0.1) is 5.82 Å². The minimum Gasteiger partial charge on any atom is -0.336 e. The second-order valence-corrected chi connectivity index (χ2v) is 6.08. The Morgan fingerprint density at radius 3 is 2.08 bits per heavy atom. The summed E-state index contributed by atoms with van der Waals surface area (Å²) in [4.78, 5) is 40.8. The van der Waals surface area contributed by atoms with Crippen LogP contribution in [0.15, 0.2) is 24.3 Å². The van der Waals surface area contributed by atoms with Gasteiger partial charge in [-0.2, -0.15) is 0 Å². The van der Waals surface area contributed by atoms with E-state index < -0.39 is 0 Å². The summed E-state index contributed by atoms with van der Waals surface area (Å²) in [5, 5.41) is 0. The van der Waals surface area contributed by atoms with E-state index >= 15 is 0 Å². The van der Waals surface area contributed by atoms with E-state index in [9.17, 15) is 18.8 Å². The van der Waals surface area contributed by atoms with Crippen LogP contribution >= 0.6 is 0 Å². The van der Waals surface area contributed by atoms with Crippen molar-refractivity contribution in [3.8, 4) is 0 Å². The predicted octanol–water partition coefficient (Wildman–Crippen LogP) is 0.732. The van der Waals surface area contributed by atoms with Gasteiger partial charge in [0.1, 0.15) is 5.82 Å². The van der Waals surface area contributed by atoms with E-state index in [0.717, 1.165) is 0 Å². The zero-order valence-corrected chi connectivity index (χ0v) is 13.4. The van der Waals surface area contributed by atoms with Gasteiger partial charge in [0.25, 0.3) is 5.91 Å². The van der Waals surface area contributed by atoms with Crippen molar-refractivity contribution in [2.45, 2.75) is 12.8 Å². The fraction of sp³-hybridized carbons (Fsp3) is 0.471. The molecule has 0 spiro atoms. The Bertz CT molecular complexity index is 623. The maximum absolute atomic E-state index is 12.9. The first-order valence-corrected chi connectivity index (χ1v) is 8.15. The number of imide groups is 1. The van der Waals surface area contributed by atoms with Gasteiger partial charge in [-0.15, -0.1) is 0 Å². The van der Waals surface area contributed by atoms with E-state index in [4.69, 9.17) is 0 Å². The summed E-state index contributed by atoms with van der Waals surface area (Å²) >= 11 is 0. The van der Waals surface area contributed by atoms with Crippen molar-refractivity contribution in [3.05, 3.63) is 35.6 Å². The van der Waals surface area contributed by atoms with E-state index in [0.29, 0.717) is 57.7 Å². The second kappa shape index (κ2) is 7.09. The minimum absolute atomic E-state index is 0.0925. The molecule has 0 saturated carbocycles. The summed E-state index contributed by atoms with van der Waals surface area (Å²) in [5.74, 6) is -0.642. The van der Waals surface area contributed by atoms with Crippen molar-refractivity contribution < 1.29 is 18.8 Å². The standard InChI is InChI=1S/C17H20FN3O3/c18-14-3-1-13(2-4-14)17(24)20-10-7-19(8-11-20)9-12-21-15(22)5-6-16(21)23/h1-4H,5-12H2. The second-order valence-electron chi connectivity index (χ2n) is 6.08. The molecule has 0 aromatic heterocycles. The van der Waals surface area contributed by atoms with Crippen molar-refractivity contribution in [1.82, 2.24) is 14.7 Å². The molecule has 2 aliphatic heterocycles. The summed E-state index contributed by atoms with van der Waals surface area (Å²) in [6.45, 7) is 3.61. The average Bonchev–Trinajstić information content (AvgIpc) is 2.92. The van der Waals surface area contributed by atoms with E-state index in [2.05, 4.69) is 4.90 Å². The van der Waals surface area contributed by atoms with E-state index in [1.165, 1.54) is 29.2 Å². The first-order chi connectivity index (χ1) is 11.5. The zero-order chi connectivity index (χ0) is 17.1. The Hall–Kier alpha value is -2.28. The van der Waals surface area contributed by atoms with E-state index in [1.807, 2.05) is 0 Å². The Labute approximate surface area is 139 Å². The van der Waals surface area contributed by atoms with Crippen LogP contribution in [0.25, 0.3) is 0 Å². The van der Waals surface area contributed by atoms with Crippen LogP contribution in [0.1, 0.15) is 23.2 Å². The Morgan fingerprint density at radius 1 is 0.917 bits per heavy atom. The smallest absolute Gasteiger partial charge is 0.253 e. The number of hydrogen-bond donors (Lipinski definition) is 0. The number of benzene rings is 1. The molecule has 2 heterocycles. The van der Waals surface area contributed by atoms with Crippen molar-refractivity contribution in [3.63, 3.8) is 0 Å². The Morgan fingerprint density at radius 2 is 1.50 bits per heavy atom. The molecule has 0 radical (unpaired) electrons. The molecule has 0 atom stereocenters. The lowest BCUT2D eigenvalue weighted by molar-refractivity contribution is -0.138. The van der Waals surface area contributed by atoms with E-state index in [-0.39, 0.29) is 23.5 Å². The monoisotopic (exact) mass is 333 g/mol. The Balaban J connectivity index is 1.47. The van der Waals surface area contributed by atoms with Crippen molar-refractivity contribution >= 4 is 17.7 Å². The molecular formula is C17H20FN3O3. The summed E-state index contributed by atoms with van der Waals surface area (Å²) in [6, 6.07) is 5.56. The summed E-state index contributed by atoms with van der Waals surface area (Å²) in [5.41, 5.74) is 0.484. The van der Waals surface area contributed by atoms with Crippen LogP contribution in [0.4, 0.5) is 4.39 Å². The molecule has 0 unspecified atom stereocenters.